The van der Waals surface area contributed by atoms with Crippen LogP contribution in [0.3, 0.4) is 0 Å². The first kappa shape index (κ1) is 33.1. The van der Waals surface area contributed by atoms with Gasteiger partial charge in [-0.05, 0) is 47.0 Å². The molecule has 3 aromatic heterocycles. The van der Waals surface area contributed by atoms with Crippen LogP contribution in [-0.4, -0.2) is 54.2 Å². The van der Waals surface area contributed by atoms with Crippen LogP contribution >= 0.6 is 0 Å². The Balaban J connectivity index is 1.13. The van der Waals surface area contributed by atoms with Crippen molar-refractivity contribution in [2.45, 2.75) is 0 Å². The van der Waals surface area contributed by atoms with Crippen molar-refractivity contribution in [3.63, 3.8) is 0 Å². The summed E-state index contributed by atoms with van der Waals surface area (Å²) < 4.78 is 13.0. The molecular formula is C45H22B5N3O2. The van der Waals surface area contributed by atoms with E-state index in [1.165, 1.54) is 0 Å². The lowest BCUT2D eigenvalue weighted by Crippen LogP contribution is -2.55. The van der Waals surface area contributed by atoms with Crippen LogP contribution < -0.4 is 27.3 Å². The molecule has 7 aromatic carbocycles. The van der Waals surface area contributed by atoms with Crippen molar-refractivity contribution in [3.05, 3.63) is 133 Å². The second-order valence-electron chi connectivity index (χ2n) is 13.5. The number of nitrogens with zero attached hydrogens (tertiary/aromatic N) is 3. The standard InChI is InChI=1S/C45H22B5N3O2/c46-37-35(38(47)40(49)41(50)39(37)48)24-11-6-12-25(21-24)44-51-43(23-9-2-1-3-10-23)52-45(53-44)26-19-20-31-34(22-26)54-33-18-8-14-28(36(31)33)30-16-7-15-29-27-13-4-5-17-32(27)55-42(29)30/h1-22H. The van der Waals surface area contributed by atoms with Crippen molar-refractivity contribution in [1.82, 2.24) is 15.0 Å². The molecule has 10 aromatic rings. The van der Waals surface area contributed by atoms with Gasteiger partial charge in [-0.25, -0.2) is 15.0 Å². The topological polar surface area (TPSA) is 65.0 Å². The maximum atomic E-state index is 6.54. The Bertz CT molecular complexity index is 3150. The summed E-state index contributed by atoms with van der Waals surface area (Å²) in [6.45, 7) is 0. The summed E-state index contributed by atoms with van der Waals surface area (Å²) in [5.41, 5.74) is 9.68. The van der Waals surface area contributed by atoms with Crippen molar-refractivity contribution in [3.8, 4) is 56.4 Å². The first-order valence-corrected chi connectivity index (χ1v) is 17.6. The number of para-hydroxylation sites is 2. The predicted octanol–water partition coefficient (Wildman–Crippen LogP) is 5.97. The van der Waals surface area contributed by atoms with E-state index in [-0.39, 0.29) is 27.3 Å². The van der Waals surface area contributed by atoms with Gasteiger partial charge in [0, 0.05) is 43.8 Å². The van der Waals surface area contributed by atoms with Crippen molar-refractivity contribution in [1.29, 1.82) is 0 Å². The molecule has 0 bridgehead atoms. The quantitative estimate of drug-likeness (QED) is 0.208. The third kappa shape index (κ3) is 5.35. The molecule has 10 rings (SSSR count). The maximum absolute atomic E-state index is 6.54. The van der Waals surface area contributed by atoms with Crippen molar-refractivity contribution < 1.29 is 8.83 Å². The van der Waals surface area contributed by atoms with Gasteiger partial charge in [-0.1, -0.05) is 114 Å². The fourth-order valence-electron chi connectivity index (χ4n) is 7.47. The second-order valence-corrected chi connectivity index (χ2v) is 13.5. The third-order valence-electron chi connectivity index (χ3n) is 10.2. The van der Waals surface area contributed by atoms with Crippen LogP contribution in [0.2, 0.25) is 0 Å². The summed E-state index contributed by atoms with van der Waals surface area (Å²) in [7, 11) is 31.4. The van der Waals surface area contributed by atoms with Gasteiger partial charge in [0.2, 0.25) is 0 Å². The summed E-state index contributed by atoms with van der Waals surface area (Å²) >= 11 is 0. The van der Waals surface area contributed by atoms with Crippen LogP contribution in [-0.2, 0) is 0 Å². The van der Waals surface area contributed by atoms with Gasteiger partial charge in [-0.3, -0.25) is 0 Å². The predicted molar refractivity (Wildman–Crippen MR) is 229 cm³/mol. The molecule has 0 aliphatic rings. The fourth-order valence-corrected chi connectivity index (χ4v) is 7.47. The van der Waals surface area contributed by atoms with E-state index in [9.17, 15) is 0 Å². The van der Waals surface area contributed by atoms with Crippen LogP contribution in [0.1, 0.15) is 0 Å². The van der Waals surface area contributed by atoms with E-state index in [0.29, 0.717) is 39.7 Å². The number of fused-ring (bicyclic) bond motifs is 6. The molecule has 0 atom stereocenters. The Hall–Kier alpha value is -6.53. The molecule has 0 amide bonds. The van der Waals surface area contributed by atoms with Crippen molar-refractivity contribution in [2.24, 2.45) is 0 Å². The molecule has 0 saturated heterocycles. The maximum Gasteiger partial charge on any atom is 0.164 e. The van der Waals surface area contributed by atoms with Crippen LogP contribution in [0, 0.1) is 0 Å². The van der Waals surface area contributed by atoms with Crippen molar-refractivity contribution in [2.75, 3.05) is 0 Å². The highest BCUT2D eigenvalue weighted by Crippen LogP contribution is 2.42. The summed E-state index contributed by atoms with van der Waals surface area (Å²) in [6, 6.07) is 43.9. The highest BCUT2D eigenvalue weighted by atomic mass is 16.3. The normalized spacial score (nSPS) is 11.6. The zero-order chi connectivity index (χ0) is 37.4. The lowest BCUT2D eigenvalue weighted by atomic mass is 9.59. The molecule has 10 radical (unpaired) electrons. The SMILES string of the molecule is [B]c1c([B])c([B])c(-c2cccc(-c3nc(-c4ccccc4)nc(-c4ccc5c(c4)oc4cccc(-c6cccc7c6oc6ccccc67)c45)n3)c2)c([B])c1[B]. The minimum Gasteiger partial charge on any atom is -0.456 e. The summed E-state index contributed by atoms with van der Waals surface area (Å²) in [4.78, 5) is 14.9. The highest BCUT2D eigenvalue weighted by Gasteiger charge is 2.20. The number of benzene rings is 7. The van der Waals surface area contributed by atoms with Gasteiger partial charge >= 0.3 is 0 Å². The molecule has 244 valence electrons. The lowest BCUT2D eigenvalue weighted by molar-refractivity contribution is 0.669. The van der Waals surface area contributed by atoms with Gasteiger partial charge in [0.15, 0.2) is 17.5 Å². The monoisotopic (exact) mass is 691 g/mol. The van der Waals surface area contributed by atoms with E-state index in [1.54, 1.807) is 0 Å². The van der Waals surface area contributed by atoms with E-state index < -0.39 is 0 Å². The van der Waals surface area contributed by atoms with Crippen LogP contribution in [0.25, 0.3) is 100 Å². The largest absolute Gasteiger partial charge is 0.456 e. The molecular weight excluding hydrogens is 669 g/mol. The highest BCUT2D eigenvalue weighted by molar-refractivity contribution is 6.68. The molecule has 0 spiro atoms. The Morgan fingerprint density at radius 2 is 0.927 bits per heavy atom. The first-order chi connectivity index (χ1) is 26.8. The van der Waals surface area contributed by atoms with E-state index in [2.05, 4.69) is 36.4 Å². The second kappa shape index (κ2) is 12.8. The Morgan fingerprint density at radius 3 is 1.71 bits per heavy atom. The fraction of sp³-hybridized carbons (Fsp3) is 0. The smallest absolute Gasteiger partial charge is 0.164 e. The summed E-state index contributed by atoms with van der Waals surface area (Å²) in [6.07, 6.45) is 0. The number of aromatic nitrogens is 3. The third-order valence-corrected chi connectivity index (χ3v) is 10.2. The van der Waals surface area contributed by atoms with E-state index >= 15 is 0 Å². The van der Waals surface area contributed by atoms with E-state index in [1.807, 2.05) is 97.1 Å². The lowest BCUT2D eigenvalue weighted by Gasteiger charge is -2.21. The molecule has 0 N–H and O–H groups in total. The molecule has 55 heavy (non-hydrogen) atoms. The molecule has 3 heterocycles. The Labute approximate surface area is 322 Å². The number of rotatable bonds is 5. The van der Waals surface area contributed by atoms with Gasteiger partial charge in [-0.15, -0.1) is 16.4 Å². The molecule has 0 fully saturated rings. The van der Waals surface area contributed by atoms with E-state index in [4.69, 9.17) is 63.0 Å². The minimum absolute atomic E-state index is 0.158. The number of hydrogen-bond donors (Lipinski definition) is 0. The van der Waals surface area contributed by atoms with Crippen LogP contribution in [0.5, 0.6) is 0 Å². The number of furan rings is 2. The molecule has 5 nitrogen and oxygen atoms in total. The Morgan fingerprint density at radius 1 is 0.364 bits per heavy atom. The number of hydrogen-bond acceptors (Lipinski definition) is 5. The molecule has 10 heteroatoms. The van der Waals surface area contributed by atoms with Gasteiger partial charge in [-0.2, -0.15) is 0 Å². The first-order valence-electron chi connectivity index (χ1n) is 17.6. The molecule has 0 aliphatic heterocycles. The van der Waals surface area contributed by atoms with Crippen LogP contribution in [0.15, 0.2) is 142 Å². The Kier molecular flexibility index (Phi) is 7.70. The average Bonchev–Trinajstić information content (AvgIpc) is 3.81. The van der Waals surface area contributed by atoms with Gasteiger partial charge in [0.25, 0.3) is 0 Å². The van der Waals surface area contributed by atoms with Crippen LogP contribution in [0.4, 0.5) is 0 Å². The van der Waals surface area contributed by atoms with Crippen molar-refractivity contribution >= 4 is 110 Å². The molecule has 0 aliphatic carbocycles. The molecule has 0 unspecified atom stereocenters. The molecule has 0 saturated carbocycles. The summed E-state index contributed by atoms with van der Waals surface area (Å²) in [5.74, 6) is 1.44. The van der Waals surface area contributed by atoms with Gasteiger partial charge in [0.05, 0.1) is 0 Å². The van der Waals surface area contributed by atoms with Gasteiger partial charge in [0.1, 0.15) is 61.6 Å². The van der Waals surface area contributed by atoms with Gasteiger partial charge < -0.3 is 8.83 Å². The van der Waals surface area contributed by atoms with E-state index in [0.717, 1.165) is 60.5 Å². The average molecular weight is 691 g/mol. The summed E-state index contributed by atoms with van der Waals surface area (Å²) in [5, 5.41) is 4.11. The zero-order valence-electron chi connectivity index (χ0n) is 29.2. The minimum atomic E-state index is 0.158. The zero-order valence-corrected chi connectivity index (χ0v) is 29.2.